The molecule has 0 aromatic carbocycles. The lowest BCUT2D eigenvalue weighted by Crippen LogP contribution is -2.46. The maximum atomic E-state index is 11.5. The Hall–Kier alpha value is -2.35. The quantitative estimate of drug-likeness (QED) is 0.546. The van der Waals surface area contributed by atoms with Gasteiger partial charge in [0.15, 0.2) is 0 Å². The largest absolute Gasteiger partial charge is 0.481 e. The highest BCUT2D eigenvalue weighted by atomic mass is 16.5. The van der Waals surface area contributed by atoms with Gasteiger partial charge in [0.05, 0.1) is 7.11 Å². The number of hydrogen-bond donors (Lipinski definition) is 4. The van der Waals surface area contributed by atoms with Crippen molar-refractivity contribution < 1.29 is 24.5 Å². The van der Waals surface area contributed by atoms with Gasteiger partial charge in [-0.05, 0) is 5.56 Å². The van der Waals surface area contributed by atoms with Crippen molar-refractivity contribution in [3.05, 3.63) is 23.9 Å². The van der Waals surface area contributed by atoms with E-state index in [4.69, 9.17) is 14.9 Å². The summed E-state index contributed by atoms with van der Waals surface area (Å²) >= 11 is 0. The number of carboxylic acid groups (broad SMARTS) is 1. The number of methoxy groups -OCH3 is 1. The Bertz CT molecular complexity index is 449. The number of carbonyl (C=O) groups excluding carboxylic acids is 1. The molecular weight excluding hydrogens is 266 g/mol. The minimum atomic E-state index is -1.19. The predicted molar refractivity (Wildman–Crippen MR) is 69.3 cm³/mol. The number of pyridine rings is 1. The van der Waals surface area contributed by atoms with Crippen LogP contribution in [0.15, 0.2) is 18.3 Å². The van der Waals surface area contributed by atoms with Crippen LogP contribution in [0.25, 0.3) is 0 Å². The highest BCUT2D eigenvalue weighted by Gasteiger charge is 2.18. The Labute approximate surface area is 115 Å². The fourth-order valence-electron chi connectivity index (χ4n) is 1.41. The zero-order valence-corrected chi connectivity index (χ0v) is 11.0. The number of aliphatic carboxylic acids is 1. The molecule has 110 valence electrons. The monoisotopic (exact) mass is 283 g/mol. The molecular formula is C12H17N3O5. The van der Waals surface area contributed by atoms with Gasteiger partial charge < -0.3 is 25.6 Å². The molecule has 1 aromatic heterocycles. The van der Waals surface area contributed by atoms with Gasteiger partial charge >= 0.3 is 12.0 Å². The van der Waals surface area contributed by atoms with E-state index in [-0.39, 0.29) is 19.6 Å². The van der Waals surface area contributed by atoms with Gasteiger partial charge in [0.25, 0.3) is 0 Å². The summed E-state index contributed by atoms with van der Waals surface area (Å²) < 4.78 is 4.90. The molecule has 0 bridgehead atoms. The highest BCUT2D eigenvalue weighted by molar-refractivity contribution is 5.82. The Balaban J connectivity index is 2.43. The molecule has 0 aliphatic carbocycles. The summed E-state index contributed by atoms with van der Waals surface area (Å²) in [6.45, 7) is -0.117. The Morgan fingerprint density at radius 1 is 1.45 bits per heavy atom. The van der Waals surface area contributed by atoms with E-state index in [1.807, 2.05) is 0 Å². The Morgan fingerprint density at radius 3 is 2.70 bits per heavy atom. The molecule has 1 atom stereocenters. The molecule has 8 heteroatoms. The van der Waals surface area contributed by atoms with Crippen molar-refractivity contribution in [2.75, 3.05) is 13.7 Å². The first-order valence-electron chi connectivity index (χ1n) is 5.93. The lowest BCUT2D eigenvalue weighted by atomic mass is 10.2. The zero-order chi connectivity index (χ0) is 15.0. The number of nitrogens with one attached hydrogen (secondary N) is 2. The van der Waals surface area contributed by atoms with Crippen molar-refractivity contribution in [2.24, 2.45) is 0 Å². The third-order valence-corrected chi connectivity index (χ3v) is 2.48. The number of carbonyl (C=O) groups is 2. The van der Waals surface area contributed by atoms with Crippen LogP contribution in [-0.4, -0.2) is 47.0 Å². The molecule has 0 saturated carbocycles. The van der Waals surface area contributed by atoms with Crippen LogP contribution in [0.3, 0.4) is 0 Å². The average molecular weight is 283 g/mol. The first-order chi connectivity index (χ1) is 9.56. The van der Waals surface area contributed by atoms with Crippen molar-refractivity contribution >= 4 is 12.0 Å². The van der Waals surface area contributed by atoms with E-state index in [2.05, 4.69) is 15.6 Å². The molecule has 4 N–H and O–H groups in total. The highest BCUT2D eigenvalue weighted by Crippen LogP contribution is 2.06. The number of rotatable bonds is 7. The van der Waals surface area contributed by atoms with Gasteiger partial charge in [-0.25, -0.2) is 14.6 Å². The van der Waals surface area contributed by atoms with Gasteiger partial charge in [0.2, 0.25) is 5.88 Å². The summed E-state index contributed by atoms with van der Waals surface area (Å²) in [6, 6.07) is 1.64. The molecule has 0 spiro atoms. The van der Waals surface area contributed by atoms with E-state index < -0.39 is 18.0 Å². The predicted octanol–water partition coefficient (Wildman–Crippen LogP) is -0.275. The van der Waals surface area contributed by atoms with Crippen LogP contribution >= 0.6 is 0 Å². The summed E-state index contributed by atoms with van der Waals surface area (Å²) in [7, 11) is 1.50. The fourth-order valence-corrected chi connectivity index (χ4v) is 1.41. The third kappa shape index (κ3) is 5.11. The molecule has 20 heavy (non-hydrogen) atoms. The second-order valence-corrected chi connectivity index (χ2v) is 3.94. The van der Waals surface area contributed by atoms with Crippen LogP contribution in [-0.2, 0) is 11.3 Å². The van der Waals surface area contributed by atoms with Gasteiger partial charge in [0.1, 0.15) is 6.04 Å². The number of aliphatic hydroxyl groups excluding tert-OH is 1. The summed E-state index contributed by atoms with van der Waals surface area (Å²) in [5, 5.41) is 22.3. The van der Waals surface area contributed by atoms with E-state index in [1.54, 1.807) is 18.3 Å². The van der Waals surface area contributed by atoms with E-state index in [1.165, 1.54) is 7.11 Å². The van der Waals surface area contributed by atoms with Crippen LogP contribution in [0.2, 0.25) is 0 Å². The number of aromatic nitrogens is 1. The minimum absolute atomic E-state index is 0.0488. The molecule has 0 aliphatic rings. The van der Waals surface area contributed by atoms with E-state index in [0.717, 1.165) is 5.56 Å². The number of nitrogens with zero attached hydrogens (tertiary/aromatic N) is 1. The molecule has 1 aromatic rings. The number of hydrogen-bond acceptors (Lipinski definition) is 5. The first kappa shape index (κ1) is 15.7. The topological polar surface area (TPSA) is 121 Å². The van der Waals surface area contributed by atoms with Gasteiger partial charge in [-0.1, -0.05) is 6.07 Å². The van der Waals surface area contributed by atoms with Crippen molar-refractivity contribution in [3.63, 3.8) is 0 Å². The fraction of sp³-hybridized carbons (Fsp3) is 0.417. The summed E-state index contributed by atoms with van der Waals surface area (Å²) in [5.41, 5.74) is 0.745. The second-order valence-electron chi connectivity index (χ2n) is 3.94. The summed E-state index contributed by atoms with van der Waals surface area (Å²) in [4.78, 5) is 26.3. The number of urea groups is 1. The van der Waals surface area contributed by atoms with Crippen molar-refractivity contribution in [3.8, 4) is 5.88 Å². The smallest absolute Gasteiger partial charge is 0.326 e. The molecule has 2 amide bonds. The van der Waals surface area contributed by atoms with Crippen molar-refractivity contribution in [1.29, 1.82) is 0 Å². The van der Waals surface area contributed by atoms with E-state index >= 15 is 0 Å². The molecule has 0 aliphatic heterocycles. The standard InChI is InChI=1S/C12H17N3O5/c1-20-10-3-2-8(6-13-10)7-14-12(19)15-9(4-5-16)11(17)18/h2-3,6,9,16H,4-5,7H2,1H3,(H,17,18)(H2,14,15,19)/t9-/m1/s1. The molecule has 0 radical (unpaired) electrons. The lowest BCUT2D eigenvalue weighted by molar-refractivity contribution is -0.139. The molecule has 0 saturated heterocycles. The third-order valence-electron chi connectivity index (χ3n) is 2.48. The lowest BCUT2D eigenvalue weighted by Gasteiger charge is -2.14. The van der Waals surface area contributed by atoms with Crippen LogP contribution < -0.4 is 15.4 Å². The Kier molecular flexibility index (Phi) is 6.24. The first-order valence-corrected chi connectivity index (χ1v) is 5.93. The van der Waals surface area contributed by atoms with Gasteiger partial charge in [-0.3, -0.25) is 0 Å². The Morgan fingerprint density at radius 2 is 2.20 bits per heavy atom. The van der Waals surface area contributed by atoms with E-state index in [9.17, 15) is 9.59 Å². The molecule has 0 unspecified atom stereocenters. The second kappa shape index (κ2) is 7.95. The summed E-state index contributed by atoms with van der Waals surface area (Å²) in [5.74, 6) is -0.729. The number of carboxylic acids is 1. The normalized spacial score (nSPS) is 11.5. The van der Waals surface area contributed by atoms with E-state index in [0.29, 0.717) is 5.88 Å². The SMILES string of the molecule is COc1ccc(CNC(=O)N[C@H](CCO)C(=O)O)cn1. The maximum absolute atomic E-state index is 11.5. The van der Waals surface area contributed by atoms with Gasteiger partial charge in [0, 0.05) is 31.8 Å². The average Bonchev–Trinajstić information content (AvgIpc) is 2.45. The number of amides is 2. The van der Waals surface area contributed by atoms with Crippen LogP contribution in [0.5, 0.6) is 5.88 Å². The molecule has 1 rings (SSSR count). The molecule has 0 fully saturated rings. The van der Waals surface area contributed by atoms with Crippen LogP contribution in [0.1, 0.15) is 12.0 Å². The number of ether oxygens (including phenoxy) is 1. The van der Waals surface area contributed by atoms with Crippen molar-refractivity contribution in [2.45, 2.75) is 19.0 Å². The zero-order valence-electron chi connectivity index (χ0n) is 11.0. The number of aliphatic hydroxyl groups is 1. The molecule has 8 nitrogen and oxygen atoms in total. The van der Waals surface area contributed by atoms with Crippen LogP contribution in [0, 0.1) is 0 Å². The van der Waals surface area contributed by atoms with Gasteiger partial charge in [-0.15, -0.1) is 0 Å². The summed E-state index contributed by atoms with van der Waals surface area (Å²) in [6.07, 6.45) is 1.49. The van der Waals surface area contributed by atoms with Gasteiger partial charge in [-0.2, -0.15) is 0 Å². The molecule has 1 heterocycles. The minimum Gasteiger partial charge on any atom is -0.481 e. The van der Waals surface area contributed by atoms with Crippen LogP contribution in [0.4, 0.5) is 4.79 Å². The van der Waals surface area contributed by atoms with Crippen molar-refractivity contribution in [1.82, 2.24) is 15.6 Å². The maximum Gasteiger partial charge on any atom is 0.326 e.